The van der Waals surface area contributed by atoms with Gasteiger partial charge in [0, 0.05) is 7.05 Å². The lowest BCUT2D eigenvalue weighted by Crippen LogP contribution is -2.21. The number of benzene rings is 1. The molecule has 98 valence electrons. The number of aryl methyl sites for hydroxylation is 3. The summed E-state index contributed by atoms with van der Waals surface area (Å²) in [6, 6.07) is 2.05. The molecule has 1 heterocycles. The molecule has 5 heteroatoms. The van der Waals surface area contributed by atoms with Crippen LogP contribution in [0.5, 0.6) is 5.75 Å². The number of hydrogen-bond acceptors (Lipinski definition) is 4. The molecule has 0 amide bonds. The van der Waals surface area contributed by atoms with E-state index >= 15 is 0 Å². The SMILES string of the molecule is Cc1cc2c(c(O)c1-c1nncn(C)c1=O)CCC2. The van der Waals surface area contributed by atoms with Crippen molar-refractivity contribution in [1.29, 1.82) is 0 Å². The molecule has 19 heavy (non-hydrogen) atoms. The summed E-state index contributed by atoms with van der Waals surface area (Å²) in [7, 11) is 1.63. The van der Waals surface area contributed by atoms with Crippen molar-refractivity contribution in [1.82, 2.24) is 14.8 Å². The van der Waals surface area contributed by atoms with Gasteiger partial charge in [-0.05, 0) is 42.9 Å². The van der Waals surface area contributed by atoms with Crippen LogP contribution in [0.1, 0.15) is 23.1 Å². The molecule has 5 nitrogen and oxygen atoms in total. The van der Waals surface area contributed by atoms with E-state index in [1.807, 2.05) is 13.0 Å². The number of aromatic hydroxyl groups is 1. The van der Waals surface area contributed by atoms with Crippen molar-refractivity contribution in [3.8, 4) is 17.0 Å². The van der Waals surface area contributed by atoms with Crippen LogP contribution < -0.4 is 5.56 Å². The van der Waals surface area contributed by atoms with Crippen molar-refractivity contribution in [2.45, 2.75) is 26.2 Å². The van der Waals surface area contributed by atoms with Crippen LogP contribution in [0.3, 0.4) is 0 Å². The van der Waals surface area contributed by atoms with Gasteiger partial charge in [0.15, 0.2) is 5.69 Å². The molecule has 0 bridgehead atoms. The molecule has 0 atom stereocenters. The first-order chi connectivity index (χ1) is 9.09. The van der Waals surface area contributed by atoms with E-state index in [1.165, 1.54) is 16.5 Å². The van der Waals surface area contributed by atoms with Gasteiger partial charge in [0.1, 0.15) is 12.1 Å². The minimum Gasteiger partial charge on any atom is -0.507 e. The van der Waals surface area contributed by atoms with E-state index < -0.39 is 0 Å². The summed E-state index contributed by atoms with van der Waals surface area (Å²) < 4.78 is 1.37. The molecule has 0 spiro atoms. The van der Waals surface area contributed by atoms with E-state index in [0.29, 0.717) is 5.56 Å². The molecule has 1 aliphatic rings. The van der Waals surface area contributed by atoms with E-state index in [4.69, 9.17) is 0 Å². The van der Waals surface area contributed by atoms with Crippen LogP contribution in [0.2, 0.25) is 0 Å². The first kappa shape index (κ1) is 11.9. The van der Waals surface area contributed by atoms with Gasteiger partial charge in [0.25, 0.3) is 5.56 Å². The second-order valence-electron chi connectivity index (χ2n) is 5.00. The highest BCUT2D eigenvalue weighted by Crippen LogP contribution is 2.39. The van der Waals surface area contributed by atoms with Crippen LogP contribution >= 0.6 is 0 Å². The van der Waals surface area contributed by atoms with E-state index in [9.17, 15) is 9.90 Å². The molecule has 0 unspecified atom stereocenters. The van der Waals surface area contributed by atoms with Crippen molar-refractivity contribution < 1.29 is 5.11 Å². The van der Waals surface area contributed by atoms with Crippen LogP contribution in [-0.2, 0) is 19.9 Å². The monoisotopic (exact) mass is 257 g/mol. The topological polar surface area (TPSA) is 68.0 Å². The standard InChI is InChI=1S/C14H15N3O2/c1-8-6-9-4-3-5-10(9)13(18)11(8)12-14(19)17(2)7-15-16-12/h6-7,18H,3-5H2,1-2H3. The Morgan fingerprint density at radius 3 is 2.95 bits per heavy atom. The molecular formula is C14H15N3O2. The summed E-state index contributed by atoms with van der Waals surface area (Å²) in [5.74, 6) is 0.199. The fourth-order valence-electron chi connectivity index (χ4n) is 2.75. The molecule has 1 aromatic heterocycles. The fraction of sp³-hybridized carbons (Fsp3) is 0.357. The first-order valence-electron chi connectivity index (χ1n) is 6.32. The number of phenolic OH excluding ortho intramolecular Hbond substituents is 1. The third-order valence-corrected chi connectivity index (χ3v) is 3.71. The Balaban J connectivity index is 2.32. The number of fused-ring (bicyclic) bond motifs is 1. The van der Waals surface area contributed by atoms with Crippen LogP contribution in [-0.4, -0.2) is 19.9 Å². The third kappa shape index (κ3) is 1.73. The van der Waals surface area contributed by atoms with Crippen LogP contribution in [0.15, 0.2) is 17.2 Å². The maximum absolute atomic E-state index is 12.1. The Morgan fingerprint density at radius 2 is 2.16 bits per heavy atom. The molecule has 1 aliphatic carbocycles. The van der Waals surface area contributed by atoms with Gasteiger partial charge in [-0.2, -0.15) is 0 Å². The van der Waals surface area contributed by atoms with Gasteiger partial charge in [-0.3, -0.25) is 9.36 Å². The van der Waals surface area contributed by atoms with Gasteiger partial charge < -0.3 is 5.11 Å². The quantitative estimate of drug-likeness (QED) is 0.837. The molecule has 2 aromatic rings. The number of phenols is 1. The highest BCUT2D eigenvalue weighted by molar-refractivity contribution is 5.73. The average Bonchev–Trinajstić information content (AvgIpc) is 2.82. The van der Waals surface area contributed by atoms with Crippen molar-refractivity contribution >= 4 is 0 Å². The Kier molecular flexibility index (Phi) is 2.62. The lowest BCUT2D eigenvalue weighted by Gasteiger charge is -2.12. The maximum Gasteiger partial charge on any atom is 0.280 e. The third-order valence-electron chi connectivity index (χ3n) is 3.71. The second-order valence-corrected chi connectivity index (χ2v) is 5.00. The van der Waals surface area contributed by atoms with Crippen molar-refractivity contribution in [3.63, 3.8) is 0 Å². The minimum atomic E-state index is -0.244. The summed E-state index contributed by atoms with van der Waals surface area (Å²) in [6.45, 7) is 1.89. The number of aromatic nitrogens is 3. The molecule has 0 radical (unpaired) electrons. The van der Waals surface area contributed by atoms with E-state index in [1.54, 1.807) is 7.05 Å². The molecule has 0 saturated heterocycles. The zero-order valence-electron chi connectivity index (χ0n) is 11.0. The second kappa shape index (κ2) is 4.19. The predicted octanol–water partition coefficient (Wildman–Crippen LogP) is 1.35. The highest BCUT2D eigenvalue weighted by Gasteiger charge is 2.23. The van der Waals surface area contributed by atoms with Crippen molar-refractivity contribution in [2.75, 3.05) is 0 Å². The van der Waals surface area contributed by atoms with Crippen LogP contribution in [0.4, 0.5) is 0 Å². The highest BCUT2D eigenvalue weighted by atomic mass is 16.3. The Morgan fingerprint density at radius 1 is 1.37 bits per heavy atom. The fourth-order valence-corrected chi connectivity index (χ4v) is 2.75. The van der Waals surface area contributed by atoms with E-state index in [2.05, 4.69) is 10.2 Å². The van der Waals surface area contributed by atoms with Gasteiger partial charge in [0.2, 0.25) is 0 Å². The zero-order valence-corrected chi connectivity index (χ0v) is 11.0. The lowest BCUT2D eigenvalue weighted by molar-refractivity contribution is 0.470. The van der Waals surface area contributed by atoms with Gasteiger partial charge >= 0.3 is 0 Å². The normalized spacial score (nSPS) is 13.6. The van der Waals surface area contributed by atoms with E-state index in [-0.39, 0.29) is 17.0 Å². The summed E-state index contributed by atoms with van der Waals surface area (Å²) >= 11 is 0. The average molecular weight is 257 g/mol. The molecule has 0 aliphatic heterocycles. The predicted molar refractivity (Wildman–Crippen MR) is 71.1 cm³/mol. The van der Waals surface area contributed by atoms with Gasteiger partial charge in [0.05, 0.1) is 5.56 Å². The number of hydrogen-bond donors (Lipinski definition) is 1. The molecule has 3 rings (SSSR count). The Hall–Kier alpha value is -2.17. The number of nitrogens with zero attached hydrogens (tertiary/aromatic N) is 3. The van der Waals surface area contributed by atoms with Gasteiger partial charge in [-0.1, -0.05) is 6.07 Å². The first-order valence-corrected chi connectivity index (χ1v) is 6.32. The van der Waals surface area contributed by atoms with Crippen LogP contribution in [0.25, 0.3) is 11.3 Å². The maximum atomic E-state index is 12.1. The van der Waals surface area contributed by atoms with E-state index in [0.717, 1.165) is 30.4 Å². The largest absolute Gasteiger partial charge is 0.507 e. The zero-order chi connectivity index (χ0) is 13.6. The Bertz CT molecular complexity index is 719. The summed E-state index contributed by atoms with van der Waals surface area (Å²) in [6.07, 6.45) is 4.26. The van der Waals surface area contributed by atoms with Gasteiger partial charge in [-0.25, -0.2) is 0 Å². The molecule has 1 aromatic carbocycles. The lowest BCUT2D eigenvalue weighted by atomic mass is 9.97. The van der Waals surface area contributed by atoms with Crippen molar-refractivity contribution in [3.05, 3.63) is 39.4 Å². The Labute approximate surface area is 110 Å². The molecular weight excluding hydrogens is 242 g/mol. The molecule has 0 fully saturated rings. The number of rotatable bonds is 1. The minimum absolute atomic E-state index is 0.199. The summed E-state index contributed by atoms with van der Waals surface area (Å²) in [4.78, 5) is 12.1. The summed E-state index contributed by atoms with van der Waals surface area (Å²) in [5, 5.41) is 18.2. The van der Waals surface area contributed by atoms with Gasteiger partial charge in [-0.15, -0.1) is 10.2 Å². The summed E-state index contributed by atoms with van der Waals surface area (Å²) in [5.41, 5.74) is 3.50. The molecule has 1 N–H and O–H groups in total. The molecule has 0 saturated carbocycles. The van der Waals surface area contributed by atoms with Crippen molar-refractivity contribution in [2.24, 2.45) is 7.05 Å². The smallest absolute Gasteiger partial charge is 0.280 e. The van der Waals surface area contributed by atoms with Crippen LogP contribution in [0, 0.1) is 6.92 Å².